The summed E-state index contributed by atoms with van der Waals surface area (Å²) in [5.74, 6) is 0. The highest BCUT2D eigenvalue weighted by molar-refractivity contribution is 14.1. The van der Waals surface area contributed by atoms with E-state index in [0.717, 1.165) is 9.26 Å². The van der Waals surface area contributed by atoms with Crippen LogP contribution < -0.4 is 5.32 Å². The van der Waals surface area contributed by atoms with Crippen LogP contribution in [0, 0.1) is 3.57 Å². The van der Waals surface area contributed by atoms with Gasteiger partial charge in [0.1, 0.15) is 10.8 Å². The van der Waals surface area contributed by atoms with Crippen molar-refractivity contribution in [1.82, 2.24) is 9.88 Å². The van der Waals surface area contributed by atoms with Crippen LogP contribution in [0.5, 0.6) is 0 Å². The van der Waals surface area contributed by atoms with Gasteiger partial charge in [0.2, 0.25) is 0 Å². The molecule has 0 radical (unpaired) electrons. The third-order valence-electron chi connectivity index (χ3n) is 3.13. The summed E-state index contributed by atoms with van der Waals surface area (Å²) < 4.78 is 12.1. The van der Waals surface area contributed by atoms with Gasteiger partial charge in [-0.2, -0.15) is 0 Å². The van der Waals surface area contributed by atoms with Crippen LogP contribution in [0.3, 0.4) is 0 Å². The number of anilines is 1. The number of pyridine rings is 1. The zero-order valence-electron chi connectivity index (χ0n) is 13.4. The van der Waals surface area contributed by atoms with Crippen molar-refractivity contribution in [2.24, 2.45) is 0 Å². The molecule has 1 saturated heterocycles. The summed E-state index contributed by atoms with van der Waals surface area (Å²) in [5, 5.41) is 3.73. The molecule has 1 aromatic rings. The van der Waals surface area contributed by atoms with Gasteiger partial charge in [-0.05, 0) is 49.4 Å². The molecule has 0 bridgehead atoms. The van der Waals surface area contributed by atoms with Crippen molar-refractivity contribution in [3.63, 3.8) is 0 Å². The van der Waals surface area contributed by atoms with E-state index in [-0.39, 0.29) is 12.2 Å². The van der Waals surface area contributed by atoms with Gasteiger partial charge in [-0.3, -0.25) is 0 Å². The van der Waals surface area contributed by atoms with E-state index in [9.17, 15) is 4.79 Å². The first-order chi connectivity index (χ1) is 10.7. The normalized spacial score (nSPS) is 18.7. The fraction of sp³-hybridized carbons (Fsp3) is 0.600. The summed E-state index contributed by atoms with van der Waals surface area (Å²) in [6, 6.07) is 1.78. The van der Waals surface area contributed by atoms with Crippen LogP contribution in [0.1, 0.15) is 20.8 Å². The van der Waals surface area contributed by atoms with E-state index in [2.05, 4.69) is 32.9 Å². The number of ether oxygens (including phenoxy) is 2. The Morgan fingerprint density at radius 2 is 2.35 bits per heavy atom. The van der Waals surface area contributed by atoms with E-state index >= 15 is 0 Å². The number of rotatable bonds is 3. The van der Waals surface area contributed by atoms with Crippen LogP contribution >= 0.6 is 34.2 Å². The molecule has 128 valence electrons. The van der Waals surface area contributed by atoms with Gasteiger partial charge < -0.3 is 19.7 Å². The lowest BCUT2D eigenvalue weighted by Gasteiger charge is -2.34. The summed E-state index contributed by atoms with van der Waals surface area (Å²) in [5.41, 5.74) is 0.413. The van der Waals surface area contributed by atoms with Crippen molar-refractivity contribution in [1.29, 1.82) is 0 Å². The van der Waals surface area contributed by atoms with Crippen LogP contribution in [-0.2, 0) is 9.47 Å². The fourth-order valence-corrected chi connectivity index (χ4v) is 2.75. The van der Waals surface area contributed by atoms with Crippen LogP contribution in [0.15, 0.2) is 12.3 Å². The Labute approximate surface area is 155 Å². The van der Waals surface area contributed by atoms with Gasteiger partial charge in [0, 0.05) is 19.3 Å². The minimum absolute atomic E-state index is 0.0981. The molecule has 1 amide bonds. The maximum Gasteiger partial charge on any atom is 0.410 e. The van der Waals surface area contributed by atoms with Gasteiger partial charge in [-0.1, -0.05) is 11.6 Å². The average Bonchev–Trinajstić information content (AvgIpc) is 2.47. The summed E-state index contributed by atoms with van der Waals surface area (Å²) in [4.78, 5) is 17.8. The number of hydrogen-bond donors (Lipinski definition) is 1. The number of morpholine rings is 1. The second kappa shape index (κ2) is 7.85. The fourth-order valence-electron chi connectivity index (χ4n) is 2.11. The number of aromatic nitrogens is 1. The van der Waals surface area contributed by atoms with Gasteiger partial charge in [-0.15, -0.1) is 0 Å². The van der Waals surface area contributed by atoms with E-state index in [1.165, 1.54) is 0 Å². The molecule has 1 N–H and O–H groups in total. The lowest BCUT2D eigenvalue weighted by Crippen LogP contribution is -2.49. The first kappa shape index (κ1) is 18.5. The summed E-state index contributed by atoms with van der Waals surface area (Å²) in [6.45, 7) is 7.70. The lowest BCUT2D eigenvalue weighted by molar-refractivity contribution is -0.0371. The molecule has 1 aromatic heterocycles. The standard InChI is InChI=1S/C15H21ClIN3O3/c1-15(2,3)23-14(21)20-4-5-22-10(9-20)7-18-12-6-13(16)19-8-11(12)17/h6,8,10H,4-5,7,9H2,1-3H3,(H,18,19). The molecule has 8 heteroatoms. The Balaban J connectivity index is 1.89. The zero-order chi connectivity index (χ0) is 17.0. The van der Waals surface area contributed by atoms with Crippen molar-refractivity contribution in [2.45, 2.75) is 32.5 Å². The van der Waals surface area contributed by atoms with Crippen molar-refractivity contribution < 1.29 is 14.3 Å². The summed E-state index contributed by atoms with van der Waals surface area (Å²) >= 11 is 8.10. The maximum atomic E-state index is 12.1. The highest BCUT2D eigenvalue weighted by Gasteiger charge is 2.28. The molecule has 0 aromatic carbocycles. The predicted molar refractivity (Wildman–Crippen MR) is 98.0 cm³/mol. The third-order valence-corrected chi connectivity index (χ3v) is 4.20. The molecule has 1 aliphatic rings. The molecule has 0 spiro atoms. The monoisotopic (exact) mass is 453 g/mol. The number of carbonyl (C=O) groups excluding carboxylic acids is 1. The minimum Gasteiger partial charge on any atom is -0.444 e. The van der Waals surface area contributed by atoms with Crippen LogP contribution in [0.25, 0.3) is 0 Å². The van der Waals surface area contributed by atoms with Crippen molar-refractivity contribution in [2.75, 3.05) is 31.6 Å². The molecular formula is C15H21ClIN3O3. The van der Waals surface area contributed by atoms with Crippen LogP contribution in [-0.4, -0.2) is 53.9 Å². The Hall–Kier alpha value is -0.800. The molecule has 23 heavy (non-hydrogen) atoms. The van der Waals surface area contributed by atoms with Crippen LogP contribution in [0.4, 0.5) is 10.5 Å². The predicted octanol–water partition coefficient (Wildman–Crippen LogP) is 3.39. The van der Waals surface area contributed by atoms with Gasteiger partial charge in [0.25, 0.3) is 0 Å². The van der Waals surface area contributed by atoms with E-state index in [1.807, 2.05) is 20.8 Å². The second-order valence-electron chi connectivity index (χ2n) is 6.29. The molecule has 6 nitrogen and oxygen atoms in total. The van der Waals surface area contributed by atoms with Gasteiger partial charge in [0.05, 0.1) is 28.5 Å². The first-order valence-corrected chi connectivity index (χ1v) is 8.85. The summed E-state index contributed by atoms with van der Waals surface area (Å²) in [7, 11) is 0. The maximum absolute atomic E-state index is 12.1. The van der Waals surface area contributed by atoms with Gasteiger partial charge in [0.15, 0.2) is 0 Å². The van der Waals surface area contributed by atoms with E-state index < -0.39 is 5.60 Å². The van der Waals surface area contributed by atoms with E-state index in [4.69, 9.17) is 21.1 Å². The van der Waals surface area contributed by atoms with E-state index in [1.54, 1.807) is 17.2 Å². The van der Waals surface area contributed by atoms with E-state index in [0.29, 0.717) is 31.4 Å². The molecule has 1 unspecified atom stereocenters. The number of hydrogen-bond acceptors (Lipinski definition) is 5. The largest absolute Gasteiger partial charge is 0.444 e. The Kier molecular flexibility index (Phi) is 6.33. The molecule has 0 saturated carbocycles. The van der Waals surface area contributed by atoms with Gasteiger partial charge in [-0.25, -0.2) is 9.78 Å². The number of nitrogens with zero attached hydrogens (tertiary/aromatic N) is 2. The highest BCUT2D eigenvalue weighted by Crippen LogP contribution is 2.21. The average molecular weight is 454 g/mol. The van der Waals surface area contributed by atoms with Gasteiger partial charge >= 0.3 is 6.09 Å². The smallest absolute Gasteiger partial charge is 0.410 e. The van der Waals surface area contributed by atoms with Crippen LogP contribution in [0.2, 0.25) is 5.15 Å². The number of carbonyl (C=O) groups is 1. The Morgan fingerprint density at radius 3 is 3.04 bits per heavy atom. The number of nitrogens with one attached hydrogen (secondary N) is 1. The lowest BCUT2D eigenvalue weighted by atomic mass is 10.2. The first-order valence-electron chi connectivity index (χ1n) is 7.39. The zero-order valence-corrected chi connectivity index (χ0v) is 16.3. The third kappa shape index (κ3) is 5.96. The quantitative estimate of drug-likeness (QED) is 0.561. The Morgan fingerprint density at radius 1 is 1.61 bits per heavy atom. The highest BCUT2D eigenvalue weighted by atomic mass is 127. The summed E-state index contributed by atoms with van der Waals surface area (Å²) in [6.07, 6.45) is 1.31. The molecule has 2 heterocycles. The number of amides is 1. The van der Waals surface area contributed by atoms with Crippen molar-refractivity contribution in [3.05, 3.63) is 21.0 Å². The molecule has 2 rings (SSSR count). The SMILES string of the molecule is CC(C)(C)OC(=O)N1CCOC(CNc2cc(Cl)ncc2I)C1. The van der Waals surface area contributed by atoms with Crippen molar-refractivity contribution >= 4 is 46.0 Å². The molecule has 0 aliphatic carbocycles. The molecule has 1 atom stereocenters. The topological polar surface area (TPSA) is 63.7 Å². The Bertz CT molecular complexity index is 565. The molecule has 1 fully saturated rings. The molecular weight excluding hydrogens is 433 g/mol. The van der Waals surface area contributed by atoms with Crippen molar-refractivity contribution in [3.8, 4) is 0 Å². The number of halogens is 2. The second-order valence-corrected chi connectivity index (χ2v) is 7.84. The molecule has 1 aliphatic heterocycles. The minimum atomic E-state index is -0.493.